The number of thiazole rings is 1. The zero-order chi connectivity index (χ0) is 20.1. The number of carbonyl (C=O) groups excluding carboxylic acids is 1. The lowest BCUT2D eigenvalue weighted by Crippen LogP contribution is -2.14. The number of benzene rings is 2. The van der Waals surface area contributed by atoms with E-state index in [1.54, 1.807) is 7.11 Å². The summed E-state index contributed by atoms with van der Waals surface area (Å²) in [6.45, 7) is 5.97. The van der Waals surface area contributed by atoms with Gasteiger partial charge in [0.2, 0.25) is 5.91 Å². The molecule has 146 valence electrons. The molecular formula is C22H24N2O3S. The van der Waals surface area contributed by atoms with Crippen LogP contribution in [0.3, 0.4) is 0 Å². The molecule has 0 aliphatic carbocycles. The van der Waals surface area contributed by atoms with E-state index in [0.717, 1.165) is 33.9 Å². The predicted molar refractivity (Wildman–Crippen MR) is 113 cm³/mol. The lowest BCUT2D eigenvalue weighted by molar-refractivity contribution is -0.115. The molecule has 3 aromatic rings. The first-order valence-electron chi connectivity index (χ1n) is 9.10. The molecule has 1 amide bonds. The highest BCUT2D eigenvalue weighted by atomic mass is 32.1. The lowest BCUT2D eigenvalue weighted by atomic mass is 10.1. The Kier molecular flexibility index (Phi) is 6.31. The molecule has 2 aromatic carbocycles. The van der Waals surface area contributed by atoms with Gasteiger partial charge in [-0.3, -0.25) is 4.79 Å². The molecule has 0 atom stereocenters. The van der Waals surface area contributed by atoms with Gasteiger partial charge in [-0.25, -0.2) is 4.98 Å². The van der Waals surface area contributed by atoms with Crippen molar-refractivity contribution in [1.29, 1.82) is 0 Å². The Balaban J connectivity index is 1.69. The molecule has 0 bridgehead atoms. The predicted octanol–water partition coefficient (Wildman–Crippen LogP) is 5.10. The van der Waals surface area contributed by atoms with Gasteiger partial charge in [0.15, 0.2) is 5.13 Å². The van der Waals surface area contributed by atoms with E-state index in [9.17, 15) is 4.79 Å². The van der Waals surface area contributed by atoms with Gasteiger partial charge in [-0.05, 0) is 50.6 Å². The van der Waals surface area contributed by atoms with Gasteiger partial charge in [0, 0.05) is 10.9 Å². The highest BCUT2D eigenvalue weighted by Gasteiger charge is 2.13. The van der Waals surface area contributed by atoms with Crippen LogP contribution in [0.2, 0.25) is 0 Å². The number of hydrogen-bond donors (Lipinski definition) is 1. The zero-order valence-electron chi connectivity index (χ0n) is 16.5. The number of methoxy groups -OCH3 is 1. The molecule has 6 heteroatoms. The molecule has 0 spiro atoms. The van der Waals surface area contributed by atoms with Crippen LogP contribution in [-0.2, 0) is 11.2 Å². The van der Waals surface area contributed by atoms with E-state index >= 15 is 0 Å². The maximum absolute atomic E-state index is 12.4. The molecule has 1 aromatic heterocycles. The average molecular weight is 397 g/mol. The number of hydrogen-bond acceptors (Lipinski definition) is 5. The lowest BCUT2D eigenvalue weighted by Gasteiger charge is -2.10. The maximum atomic E-state index is 12.4. The van der Waals surface area contributed by atoms with Crippen LogP contribution in [0.15, 0.2) is 47.8 Å². The van der Waals surface area contributed by atoms with Crippen molar-refractivity contribution >= 4 is 22.4 Å². The molecule has 0 saturated carbocycles. The van der Waals surface area contributed by atoms with Crippen LogP contribution in [0.1, 0.15) is 25.0 Å². The number of ether oxygens (including phenoxy) is 2. The largest absolute Gasteiger partial charge is 0.496 e. The summed E-state index contributed by atoms with van der Waals surface area (Å²) in [6.07, 6.45) is 0.356. The van der Waals surface area contributed by atoms with Crippen molar-refractivity contribution in [1.82, 2.24) is 4.98 Å². The summed E-state index contributed by atoms with van der Waals surface area (Å²) >= 11 is 1.40. The summed E-state index contributed by atoms with van der Waals surface area (Å²) in [7, 11) is 1.64. The van der Waals surface area contributed by atoms with Crippen LogP contribution >= 0.6 is 11.3 Å². The normalized spacial score (nSPS) is 10.8. The molecule has 0 aliphatic heterocycles. The van der Waals surface area contributed by atoms with Gasteiger partial charge in [-0.2, -0.15) is 0 Å². The quantitative estimate of drug-likeness (QED) is 0.604. The second kappa shape index (κ2) is 8.89. The summed E-state index contributed by atoms with van der Waals surface area (Å²) in [5, 5.41) is 5.37. The minimum absolute atomic E-state index is 0.0939. The Morgan fingerprint density at radius 3 is 2.79 bits per heavy atom. The van der Waals surface area contributed by atoms with E-state index in [2.05, 4.69) is 10.3 Å². The number of aromatic nitrogens is 1. The van der Waals surface area contributed by atoms with Crippen molar-refractivity contribution in [3.05, 3.63) is 59.0 Å². The van der Waals surface area contributed by atoms with E-state index in [1.165, 1.54) is 11.3 Å². The topological polar surface area (TPSA) is 60.5 Å². The van der Waals surface area contributed by atoms with Crippen molar-refractivity contribution in [2.45, 2.75) is 33.3 Å². The molecule has 0 unspecified atom stereocenters. The molecule has 0 saturated heterocycles. The van der Waals surface area contributed by atoms with E-state index in [4.69, 9.17) is 9.47 Å². The van der Waals surface area contributed by atoms with Crippen LogP contribution in [-0.4, -0.2) is 24.1 Å². The van der Waals surface area contributed by atoms with Crippen LogP contribution in [0.4, 0.5) is 5.13 Å². The molecule has 0 fully saturated rings. The average Bonchev–Trinajstić information content (AvgIpc) is 3.09. The summed E-state index contributed by atoms with van der Waals surface area (Å²) < 4.78 is 11.1. The van der Waals surface area contributed by atoms with Crippen LogP contribution < -0.4 is 14.8 Å². The third-order valence-electron chi connectivity index (χ3n) is 4.02. The van der Waals surface area contributed by atoms with Gasteiger partial charge >= 0.3 is 0 Å². The van der Waals surface area contributed by atoms with Crippen molar-refractivity contribution in [2.75, 3.05) is 12.4 Å². The van der Waals surface area contributed by atoms with Crippen LogP contribution in [0, 0.1) is 6.92 Å². The molecule has 3 rings (SSSR count). The number of amides is 1. The Morgan fingerprint density at radius 2 is 2.04 bits per heavy atom. The number of carbonyl (C=O) groups is 1. The number of nitrogens with zero attached hydrogens (tertiary/aromatic N) is 1. The van der Waals surface area contributed by atoms with E-state index in [0.29, 0.717) is 5.13 Å². The number of anilines is 1. The van der Waals surface area contributed by atoms with Crippen molar-refractivity contribution < 1.29 is 14.3 Å². The van der Waals surface area contributed by atoms with Gasteiger partial charge in [-0.15, -0.1) is 11.3 Å². The van der Waals surface area contributed by atoms with E-state index < -0.39 is 0 Å². The van der Waals surface area contributed by atoms with Crippen molar-refractivity contribution in [3.63, 3.8) is 0 Å². The van der Waals surface area contributed by atoms with Gasteiger partial charge < -0.3 is 14.8 Å². The summed E-state index contributed by atoms with van der Waals surface area (Å²) in [4.78, 5) is 17.0. The maximum Gasteiger partial charge on any atom is 0.230 e. The molecule has 28 heavy (non-hydrogen) atoms. The van der Waals surface area contributed by atoms with Gasteiger partial charge in [0.25, 0.3) is 0 Å². The third-order valence-corrected chi connectivity index (χ3v) is 4.77. The van der Waals surface area contributed by atoms with E-state index in [-0.39, 0.29) is 18.4 Å². The Morgan fingerprint density at radius 1 is 1.21 bits per heavy atom. The highest BCUT2D eigenvalue weighted by molar-refractivity contribution is 7.14. The summed E-state index contributed by atoms with van der Waals surface area (Å²) in [5.41, 5.74) is 3.72. The molecule has 5 nitrogen and oxygen atoms in total. The fourth-order valence-electron chi connectivity index (χ4n) is 2.83. The van der Waals surface area contributed by atoms with Gasteiger partial charge in [0.05, 0.1) is 25.3 Å². The number of rotatable bonds is 7. The number of aryl methyl sites for hydroxylation is 1. The molecule has 1 heterocycles. The van der Waals surface area contributed by atoms with Gasteiger partial charge in [-0.1, -0.05) is 23.8 Å². The second-order valence-electron chi connectivity index (χ2n) is 6.78. The van der Waals surface area contributed by atoms with Crippen LogP contribution in [0.25, 0.3) is 11.3 Å². The minimum Gasteiger partial charge on any atom is -0.496 e. The van der Waals surface area contributed by atoms with Crippen molar-refractivity contribution in [3.8, 4) is 22.8 Å². The third kappa shape index (κ3) is 5.10. The van der Waals surface area contributed by atoms with E-state index in [1.807, 2.05) is 68.6 Å². The fraction of sp³-hybridized carbons (Fsp3) is 0.273. The standard InChI is InChI=1S/C22H24N2O3S/c1-14(2)27-17-7-5-6-16(11-17)12-21(25)24-22-23-19(13-28-22)18-10-15(3)8-9-20(18)26-4/h5-11,13-14H,12H2,1-4H3,(H,23,24,25). The van der Waals surface area contributed by atoms with Gasteiger partial charge in [0.1, 0.15) is 11.5 Å². The minimum atomic E-state index is -0.112. The molecule has 1 N–H and O–H groups in total. The zero-order valence-corrected chi connectivity index (χ0v) is 17.3. The summed E-state index contributed by atoms with van der Waals surface area (Å²) in [6, 6.07) is 13.5. The number of nitrogens with one attached hydrogen (secondary N) is 1. The monoisotopic (exact) mass is 396 g/mol. The molecule has 0 radical (unpaired) electrons. The Labute approximate surface area is 169 Å². The Bertz CT molecular complexity index is 966. The molecule has 0 aliphatic rings. The summed E-state index contributed by atoms with van der Waals surface area (Å²) in [5.74, 6) is 1.41. The second-order valence-corrected chi connectivity index (χ2v) is 7.64. The fourth-order valence-corrected chi connectivity index (χ4v) is 3.55. The first kappa shape index (κ1) is 19.9. The highest BCUT2D eigenvalue weighted by Crippen LogP contribution is 2.33. The van der Waals surface area contributed by atoms with Crippen molar-refractivity contribution in [2.24, 2.45) is 0 Å². The Hall–Kier alpha value is -2.86. The SMILES string of the molecule is COc1ccc(C)cc1-c1csc(NC(=O)Cc2cccc(OC(C)C)c2)n1. The van der Waals surface area contributed by atoms with Crippen LogP contribution in [0.5, 0.6) is 11.5 Å². The smallest absolute Gasteiger partial charge is 0.230 e. The molecular weight excluding hydrogens is 372 g/mol. The first-order chi connectivity index (χ1) is 13.4. The first-order valence-corrected chi connectivity index (χ1v) is 9.98.